The smallest absolute Gasteiger partial charge is 0.462 e. The van der Waals surface area contributed by atoms with Gasteiger partial charge in [0.15, 0.2) is 12.3 Å². The number of phosphoric acid groups is 2. The monoisotopic (exact) mass is 1050 g/mol. The first-order valence-corrected chi connectivity index (χ1v) is 29.7. The zero-order valence-electron chi connectivity index (χ0n) is 43.2. The summed E-state index contributed by atoms with van der Waals surface area (Å²) in [6, 6.07) is 1.25. The number of rotatable bonds is 44. The fourth-order valence-corrected chi connectivity index (χ4v) is 10.2. The molecule has 1 aliphatic rings. The van der Waals surface area contributed by atoms with Crippen LogP contribution in [-0.4, -0.2) is 85.7 Å². The van der Waals surface area contributed by atoms with Crippen LogP contribution in [0, 0.1) is 5.92 Å². The summed E-state index contributed by atoms with van der Waals surface area (Å²) in [6.07, 6.45) is 32.5. The van der Waals surface area contributed by atoms with Gasteiger partial charge in [-0.2, -0.15) is 9.29 Å². The fourth-order valence-electron chi connectivity index (χ4n) is 8.08. The maximum Gasteiger partial charge on any atom is 0.481 e. The van der Waals surface area contributed by atoms with Crippen molar-refractivity contribution in [1.29, 1.82) is 0 Å². The number of esters is 2. The van der Waals surface area contributed by atoms with Crippen molar-refractivity contribution in [2.24, 2.45) is 5.92 Å². The number of allylic oxidation sites excluding steroid dienone is 4. The molecule has 1 aromatic heterocycles. The van der Waals surface area contributed by atoms with E-state index in [9.17, 15) is 43.5 Å². The SMILES string of the molecule is CCCCCC/C=C\C=C/CCCCCCCC(=O)OC[C@H](COP(=O)(O)OP(=O)(O)OC[C@H]1O[C@@H](n2ccc(N)nc2=O)C(O)[C@H]1O)OC(=O)CCCCCCCCCCCCCCCCCC(C)C. The molecular weight excluding hydrogens is 957 g/mol. The molecule has 0 aromatic carbocycles. The van der Waals surface area contributed by atoms with Crippen LogP contribution in [0.2, 0.25) is 0 Å². The lowest BCUT2D eigenvalue weighted by molar-refractivity contribution is -0.161. The Morgan fingerprint density at radius 1 is 0.718 bits per heavy atom. The van der Waals surface area contributed by atoms with Crippen molar-refractivity contribution < 1.29 is 66.3 Å². The largest absolute Gasteiger partial charge is 0.481 e. The van der Waals surface area contributed by atoms with Crippen LogP contribution in [0.15, 0.2) is 41.4 Å². The highest BCUT2D eigenvalue weighted by Crippen LogP contribution is 2.60. The zero-order valence-corrected chi connectivity index (χ0v) is 45.0. The lowest BCUT2D eigenvalue weighted by Crippen LogP contribution is -2.36. The van der Waals surface area contributed by atoms with Crippen molar-refractivity contribution in [3.8, 4) is 0 Å². The van der Waals surface area contributed by atoms with E-state index in [1.54, 1.807) is 0 Å². The molecule has 20 heteroatoms. The molecule has 71 heavy (non-hydrogen) atoms. The Hall–Kier alpha value is -2.76. The van der Waals surface area contributed by atoms with Crippen molar-refractivity contribution in [3.05, 3.63) is 47.1 Å². The fraction of sp³-hybridized carbons (Fsp3) is 0.804. The molecule has 1 aliphatic heterocycles. The van der Waals surface area contributed by atoms with Gasteiger partial charge in [0.1, 0.15) is 30.7 Å². The van der Waals surface area contributed by atoms with Gasteiger partial charge in [0, 0.05) is 19.0 Å². The Labute approximate surface area is 424 Å². The Morgan fingerprint density at radius 2 is 1.21 bits per heavy atom. The number of hydrogen-bond donors (Lipinski definition) is 5. The lowest BCUT2D eigenvalue weighted by Gasteiger charge is -2.21. The number of hydrogen-bond acceptors (Lipinski definition) is 15. The van der Waals surface area contributed by atoms with E-state index in [-0.39, 0.29) is 18.7 Å². The Bertz CT molecular complexity index is 1800. The molecule has 7 atom stereocenters. The number of carbonyl (C=O) groups is 2. The molecule has 0 saturated carbocycles. The van der Waals surface area contributed by atoms with Gasteiger partial charge in [0.25, 0.3) is 0 Å². The van der Waals surface area contributed by atoms with Crippen LogP contribution in [-0.2, 0) is 46.3 Å². The van der Waals surface area contributed by atoms with Crippen LogP contribution in [0.1, 0.15) is 213 Å². The summed E-state index contributed by atoms with van der Waals surface area (Å²) in [5, 5.41) is 20.9. The van der Waals surface area contributed by atoms with Gasteiger partial charge in [0.05, 0.1) is 13.2 Å². The Balaban J connectivity index is 1.78. The van der Waals surface area contributed by atoms with Gasteiger partial charge in [0.2, 0.25) is 0 Å². The quantitative estimate of drug-likeness (QED) is 0.0176. The van der Waals surface area contributed by atoms with E-state index in [0.717, 1.165) is 74.7 Å². The van der Waals surface area contributed by atoms with Crippen LogP contribution < -0.4 is 11.4 Å². The van der Waals surface area contributed by atoms with Gasteiger partial charge in [-0.1, -0.05) is 180 Å². The van der Waals surface area contributed by atoms with Crippen LogP contribution in [0.25, 0.3) is 0 Å². The van der Waals surface area contributed by atoms with Crippen LogP contribution >= 0.6 is 15.6 Å². The van der Waals surface area contributed by atoms with Crippen LogP contribution in [0.5, 0.6) is 0 Å². The summed E-state index contributed by atoms with van der Waals surface area (Å²) in [5.41, 5.74) is 4.59. The molecule has 2 rings (SSSR count). The number of unbranched alkanes of at least 4 members (excludes halogenated alkanes) is 23. The van der Waals surface area contributed by atoms with E-state index in [1.165, 1.54) is 109 Å². The number of ether oxygens (including phenoxy) is 3. The number of anilines is 1. The van der Waals surface area contributed by atoms with E-state index in [0.29, 0.717) is 12.8 Å². The highest BCUT2D eigenvalue weighted by Gasteiger charge is 2.46. The van der Waals surface area contributed by atoms with Crippen LogP contribution in [0.3, 0.4) is 0 Å². The Morgan fingerprint density at radius 3 is 1.75 bits per heavy atom. The van der Waals surface area contributed by atoms with Crippen molar-refractivity contribution in [2.75, 3.05) is 25.6 Å². The van der Waals surface area contributed by atoms with Gasteiger partial charge in [-0.25, -0.2) is 13.9 Å². The average molecular weight is 1050 g/mol. The summed E-state index contributed by atoms with van der Waals surface area (Å²) in [6.45, 7) is 4.47. The molecule has 1 saturated heterocycles. The van der Waals surface area contributed by atoms with E-state index in [2.05, 4.69) is 54.4 Å². The highest BCUT2D eigenvalue weighted by atomic mass is 31.3. The average Bonchev–Trinajstić information content (AvgIpc) is 3.59. The van der Waals surface area contributed by atoms with Gasteiger partial charge in [-0.15, -0.1) is 0 Å². The van der Waals surface area contributed by atoms with E-state index < -0.39 is 83.7 Å². The summed E-state index contributed by atoms with van der Waals surface area (Å²) < 4.78 is 56.9. The lowest BCUT2D eigenvalue weighted by atomic mass is 10.0. The summed E-state index contributed by atoms with van der Waals surface area (Å²) in [4.78, 5) is 62.0. The molecule has 1 fully saturated rings. The maximum atomic E-state index is 12.9. The number of nitrogens with zero attached hydrogens (tertiary/aromatic N) is 2. The van der Waals surface area contributed by atoms with E-state index >= 15 is 0 Å². The number of phosphoric ester groups is 2. The predicted octanol–water partition coefficient (Wildman–Crippen LogP) is 11.3. The van der Waals surface area contributed by atoms with E-state index in [1.807, 2.05) is 0 Å². The molecule has 0 radical (unpaired) electrons. The third kappa shape index (κ3) is 32.2. The topological polar surface area (TPSA) is 265 Å². The minimum atomic E-state index is -5.43. The molecule has 2 heterocycles. The van der Waals surface area contributed by atoms with Gasteiger partial charge in [-0.05, 0) is 50.5 Å². The normalized spacial score (nSPS) is 19.4. The molecule has 18 nitrogen and oxygen atoms in total. The second-order valence-electron chi connectivity index (χ2n) is 19.2. The maximum absolute atomic E-state index is 12.9. The van der Waals surface area contributed by atoms with Gasteiger partial charge >= 0.3 is 33.3 Å². The second kappa shape index (κ2) is 38.8. The standard InChI is InChI=1S/C51H91N3O15P2/c1-4-5-6-7-8-9-10-11-13-17-20-23-26-29-32-35-46(55)64-39-43(67-47(56)36-33-30-27-24-21-18-15-12-14-16-19-22-25-28-31-34-42(2)3)40-65-70(60,61)69-71(62,63)66-41-44-48(57)49(58)50(68-44)54-38-37-45(52)53-51(54)59/h9-11,13,37-38,42-44,48-50,57-58H,4-8,12,14-36,39-41H2,1-3H3,(H,60,61)(H,62,63)(H2,52,53,59)/b10-9-,13-11-/t43-,44-,48+,49?,50-/m1/s1. The molecule has 1 aromatic rings. The molecule has 3 unspecified atom stereocenters. The molecule has 0 bridgehead atoms. The van der Waals surface area contributed by atoms with Crippen molar-refractivity contribution in [1.82, 2.24) is 9.55 Å². The van der Waals surface area contributed by atoms with Crippen molar-refractivity contribution in [3.63, 3.8) is 0 Å². The Kier molecular flexibility index (Phi) is 35.1. The second-order valence-corrected chi connectivity index (χ2v) is 22.3. The number of nitrogens with two attached hydrogens (primary N) is 1. The molecule has 410 valence electrons. The summed E-state index contributed by atoms with van der Waals surface area (Å²) in [5.74, 6) is -0.502. The first-order chi connectivity index (χ1) is 34.0. The summed E-state index contributed by atoms with van der Waals surface area (Å²) in [7, 11) is -10.8. The number of carbonyl (C=O) groups excluding carboxylic acids is 2. The first-order valence-electron chi connectivity index (χ1n) is 26.7. The highest BCUT2D eigenvalue weighted by molar-refractivity contribution is 7.61. The minimum Gasteiger partial charge on any atom is -0.462 e. The molecule has 0 amide bonds. The molecule has 0 spiro atoms. The van der Waals surface area contributed by atoms with Crippen molar-refractivity contribution in [2.45, 2.75) is 238 Å². The first kappa shape index (κ1) is 64.4. The van der Waals surface area contributed by atoms with E-state index in [4.69, 9.17) is 29.0 Å². The predicted molar refractivity (Wildman–Crippen MR) is 275 cm³/mol. The summed E-state index contributed by atoms with van der Waals surface area (Å²) >= 11 is 0. The number of aliphatic hydroxyl groups is 2. The molecule has 6 N–H and O–H groups in total. The molecule has 0 aliphatic carbocycles. The van der Waals surface area contributed by atoms with Crippen molar-refractivity contribution >= 4 is 33.4 Å². The minimum absolute atomic E-state index is 0.0505. The number of aromatic nitrogens is 2. The van der Waals surface area contributed by atoms with Gasteiger partial charge in [-0.3, -0.25) is 23.2 Å². The molecular formula is C51H91N3O15P2. The third-order valence-corrected chi connectivity index (χ3v) is 14.8. The number of nitrogen functional groups attached to an aromatic ring is 1. The van der Waals surface area contributed by atoms with Gasteiger partial charge < -0.3 is 39.9 Å². The zero-order chi connectivity index (χ0) is 52.2. The van der Waals surface area contributed by atoms with Crippen LogP contribution in [0.4, 0.5) is 5.82 Å². The third-order valence-electron chi connectivity index (χ3n) is 12.2. The number of aliphatic hydroxyl groups excluding tert-OH is 2.